The first-order valence-electron chi connectivity index (χ1n) is 8.72. The Morgan fingerprint density at radius 3 is 1.16 bits per heavy atom. The van der Waals surface area contributed by atoms with Crippen LogP contribution < -0.4 is 5.73 Å². The molecule has 2 heteroatoms. The molecule has 25 heavy (non-hydrogen) atoms. The first-order chi connectivity index (χ1) is 12.1. The van der Waals surface area contributed by atoms with Gasteiger partial charge in [-0.05, 0) is 30.0 Å². The smallest absolute Gasteiger partial charge is 0.0922 e. The SMILES string of the molecule is CCC(C)O.NC(c1ccccc1)(c1ccccc1)c1ccccc1. The van der Waals surface area contributed by atoms with Crippen LogP contribution in [-0.4, -0.2) is 11.2 Å². The first-order valence-corrected chi connectivity index (χ1v) is 8.72. The molecule has 3 aromatic rings. The Balaban J connectivity index is 0.000000399. The molecule has 2 nitrogen and oxygen atoms in total. The van der Waals surface area contributed by atoms with Crippen molar-refractivity contribution in [1.29, 1.82) is 0 Å². The Hall–Kier alpha value is -2.42. The van der Waals surface area contributed by atoms with Gasteiger partial charge in [-0.25, -0.2) is 0 Å². The molecule has 0 aliphatic heterocycles. The molecule has 0 fully saturated rings. The molecule has 0 saturated heterocycles. The summed E-state index contributed by atoms with van der Waals surface area (Å²) in [5, 5.41) is 8.36. The van der Waals surface area contributed by atoms with Crippen molar-refractivity contribution in [3.8, 4) is 0 Å². The molecule has 3 rings (SSSR count). The number of benzene rings is 3. The summed E-state index contributed by atoms with van der Waals surface area (Å²) in [6, 6.07) is 30.7. The highest BCUT2D eigenvalue weighted by Crippen LogP contribution is 2.33. The summed E-state index contributed by atoms with van der Waals surface area (Å²) in [6.07, 6.45) is 0.745. The van der Waals surface area contributed by atoms with Crippen molar-refractivity contribution in [3.05, 3.63) is 108 Å². The van der Waals surface area contributed by atoms with E-state index in [0.717, 1.165) is 23.1 Å². The molecule has 3 N–H and O–H groups in total. The van der Waals surface area contributed by atoms with Gasteiger partial charge in [0.25, 0.3) is 0 Å². The van der Waals surface area contributed by atoms with Gasteiger partial charge in [-0.2, -0.15) is 0 Å². The van der Waals surface area contributed by atoms with Crippen molar-refractivity contribution in [1.82, 2.24) is 0 Å². The highest BCUT2D eigenvalue weighted by Gasteiger charge is 2.31. The van der Waals surface area contributed by atoms with Crippen LogP contribution in [0.4, 0.5) is 0 Å². The highest BCUT2D eigenvalue weighted by atomic mass is 16.3. The van der Waals surface area contributed by atoms with E-state index in [0.29, 0.717) is 0 Å². The van der Waals surface area contributed by atoms with Crippen LogP contribution in [-0.2, 0) is 5.54 Å². The van der Waals surface area contributed by atoms with E-state index in [4.69, 9.17) is 10.8 Å². The van der Waals surface area contributed by atoms with Crippen molar-refractivity contribution in [2.75, 3.05) is 0 Å². The summed E-state index contributed by atoms with van der Waals surface area (Å²) in [5.41, 5.74) is 9.53. The molecule has 0 aromatic heterocycles. The lowest BCUT2D eigenvalue weighted by Gasteiger charge is -2.31. The summed E-state index contributed by atoms with van der Waals surface area (Å²) in [7, 11) is 0. The maximum atomic E-state index is 8.36. The molecular formula is C23H27NO. The third-order valence-electron chi connectivity index (χ3n) is 4.28. The van der Waals surface area contributed by atoms with Crippen LogP contribution in [0.2, 0.25) is 0 Å². The van der Waals surface area contributed by atoms with Crippen LogP contribution in [0.15, 0.2) is 91.0 Å². The van der Waals surface area contributed by atoms with Crippen LogP contribution in [0, 0.1) is 0 Å². The van der Waals surface area contributed by atoms with E-state index in [1.54, 1.807) is 6.92 Å². The molecule has 0 saturated carbocycles. The van der Waals surface area contributed by atoms with E-state index >= 15 is 0 Å². The fourth-order valence-electron chi connectivity index (χ4n) is 2.60. The fourth-order valence-corrected chi connectivity index (χ4v) is 2.60. The maximum absolute atomic E-state index is 8.36. The van der Waals surface area contributed by atoms with Gasteiger partial charge in [0.05, 0.1) is 11.6 Å². The zero-order valence-electron chi connectivity index (χ0n) is 15.0. The van der Waals surface area contributed by atoms with Crippen molar-refractivity contribution in [2.45, 2.75) is 31.9 Å². The highest BCUT2D eigenvalue weighted by molar-refractivity contribution is 5.48. The standard InChI is InChI=1S/C19H17N.C4H10O/c20-19(16-10-4-1-5-11-16,17-12-6-2-7-13-17)18-14-8-3-9-15-18;1-3-4(2)5/h1-15H,20H2;4-5H,3H2,1-2H3. The minimum absolute atomic E-state index is 0.116. The van der Waals surface area contributed by atoms with E-state index < -0.39 is 5.54 Å². The lowest BCUT2D eigenvalue weighted by atomic mass is 9.78. The Morgan fingerprint density at radius 2 is 0.960 bits per heavy atom. The normalized spacial score (nSPS) is 12.0. The van der Waals surface area contributed by atoms with Crippen molar-refractivity contribution in [3.63, 3.8) is 0 Å². The van der Waals surface area contributed by atoms with Crippen LogP contribution in [0.5, 0.6) is 0 Å². The van der Waals surface area contributed by atoms with Gasteiger partial charge in [0, 0.05) is 0 Å². The van der Waals surface area contributed by atoms with Crippen LogP contribution >= 0.6 is 0 Å². The third kappa shape index (κ3) is 4.79. The Bertz CT molecular complexity index is 627. The quantitative estimate of drug-likeness (QED) is 0.679. The monoisotopic (exact) mass is 333 g/mol. The molecule has 0 amide bonds. The van der Waals surface area contributed by atoms with Gasteiger partial charge in [0.2, 0.25) is 0 Å². The van der Waals surface area contributed by atoms with E-state index in [2.05, 4.69) is 36.4 Å². The minimum Gasteiger partial charge on any atom is -0.393 e. The van der Waals surface area contributed by atoms with Crippen molar-refractivity contribution >= 4 is 0 Å². The van der Waals surface area contributed by atoms with E-state index in [-0.39, 0.29) is 6.10 Å². The average molecular weight is 333 g/mol. The van der Waals surface area contributed by atoms with Crippen molar-refractivity contribution in [2.24, 2.45) is 5.73 Å². The zero-order valence-corrected chi connectivity index (χ0v) is 15.0. The number of nitrogens with two attached hydrogens (primary N) is 1. The van der Waals surface area contributed by atoms with Gasteiger partial charge in [-0.15, -0.1) is 0 Å². The molecule has 0 heterocycles. The molecule has 1 atom stereocenters. The predicted molar refractivity (Wildman–Crippen MR) is 105 cm³/mol. The number of aliphatic hydroxyl groups excluding tert-OH is 1. The second-order valence-electron chi connectivity index (χ2n) is 6.16. The third-order valence-corrected chi connectivity index (χ3v) is 4.28. The number of hydrogen-bond acceptors (Lipinski definition) is 2. The van der Waals surface area contributed by atoms with Gasteiger partial charge in [0.15, 0.2) is 0 Å². The fraction of sp³-hybridized carbons (Fsp3) is 0.217. The number of aliphatic hydroxyl groups is 1. The second-order valence-corrected chi connectivity index (χ2v) is 6.16. The van der Waals surface area contributed by atoms with Gasteiger partial charge in [0.1, 0.15) is 0 Å². The van der Waals surface area contributed by atoms with E-state index in [9.17, 15) is 0 Å². The van der Waals surface area contributed by atoms with Crippen molar-refractivity contribution < 1.29 is 5.11 Å². The summed E-state index contributed by atoms with van der Waals surface area (Å²) >= 11 is 0. The lowest BCUT2D eigenvalue weighted by Crippen LogP contribution is -2.39. The largest absolute Gasteiger partial charge is 0.393 e. The van der Waals surface area contributed by atoms with Gasteiger partial charge in [-0.3, -0.25) is 0 Å². The molecular weight excluding hydrogens is 306 g/mol. The summed E-state index contributed by atoms with van der Waals surface area (Å²) in [6.45, 7) is 3.73. The van der Waals surface area contributed by atoms with Gasteiger partial charge >= 0.3 is 0 Å². The van der Waals surface area contributed by atoms with Crippen LogP contribution in [0.25, 0.3) is 0 Å². The Kier molecular flexibility index (Phi) is 6.93. The molecule has 1 unspecified atom stereocenters. The minimum atomic E-state index is -0.621. The molecule has 0 spiro atoms. The van der Waals surface area contributed by atoms with Crippen LogP contribution in [0.1, 0.15) is 37.0 Å². The molecule has 3 aromatic carbocycles. The maximum Gasteiger partial charge on any atom is 0.0922 e. The predicted octanol–water partition coefficient (Wildman–Crippen LogP) is 4.71. The average Bonchev–Trinajstić information content (AvgIpc) is 2.70. The molecule has 0 aliphatic carbocycles. The number of hydrogen-bond donors (Lipinski definition) is 2. The van der Waals surface area contributed by atoms with Gasteiger partial charge in [-0.1, -0.05) is 97.9 Å². The summed E-state index contributed by atoms with van der Waals surface area (Å²) < 4.78 is 0. The second kappa shape index (κ2) is 9.16. The van der Waals surface area contributed by atoms with E-state index in [1.807, 2.05) is 61.5 Å². The topological polar surface area (TPSA) is 46.2 Å². The first kappa shape index (κ1) is 18.9. The Labute approximate surface area is 151 Å². The summed E-state index contributed by atoms with van der Waals surface area (Å²) in [5.74, 6) is 0. The molecule has 0 aliphatic rings. The zero-order chi connectivity index (χ0) is 18.1. The van der Waals surface area contributed by atoms with Gasteiger partial charge < -0.3 is 10.8 Å². The number of rotatable bonds is 4. The molecule has 0 radical (unpaired) electrons. The van der Waals surface area contributed by atoms with Crippen LogP contribution in [0.3, 0.4) is 0 Å². The lowest BCUT2D eigenvalue weighted by molar-refractivity contribution is 0.191. The molecule has 130 valence electrons. The molecule has 0 bridgehead atoms. The summed E-state index contributed by atoms with van der Waals surface area (Å²) in [4.78, 5) is 0. The van der Waals surface area contributed by atoms with E-state index in [1.165, 1.54) is 0 Å². The Morgan fingerprint density at radius 1 is 0.720 bits per heavy atom.